The summed E-state index contributed by atoms with van der Waals surface area (Å²) in [4.78, 5) is 54.4. The molecule has 1 aliphatic rings. The van der Waals surface area contributed by atoms with Crippen LogP contribution in [0.1, 0.15) is 61.4 Å². The van der Waals surface area contributed by atoms with Crippen molar-refractivity contribution in [2.24, 2.45) is 5.92 Å². The Hall–Kier alpha value is -3.86. The molecule has 1 aromatic carbocycles. The minimum atomic E-state index is -0.474. The normalized spacial score (nSPS) is 16.3. The molecule has 0 saturated carbocycles. The highest BCUT2D eigenvalue weighted by molar-refractivity contribution is 6.03. The number of carbonyl (C=O) groups is 3. The van der Waals surface area contributed by atoms with Gasteiger partial charge in [0, 0.05) is 24.6 Å². The molecule has 3 heterocycles. The van der Waals surface area contributed by atoms with Crippen LogP contribution in [0.5, 0.6) is 0 Å². The minimum absolute atomic E-state index is 0.0272. The first-order valence-corrected chi connectivity index (χ1v) is 11.8. The largest absolute Gasteiger partial charge is 0.340 e. The third-order valence-corrected chi connectivity index (χ3v) is 6.19. The van der Waals surface area contributed by atoms with Gasteiger partial charge in [-0.05, 0) is 37.5 Å². The molecule has 184 valence electrons. The van der Waals surface area contributed by atoms with Gasteiger partial charge in [0.05, 0.1) is 35.7 Å². The first-order chi connectivity index (χ1) is 17.0. The summed E-state index contributed by atoms with van der Waals surface area (Å²) >= 11 is 0. The van der Waals surface area contributed by atoms with Crippen LogP contribution in [0.15, 0.2) is 36.8 Å². The predicted molar refractivity (Wildman–Crippen MR) is 127 cm³/mol. The molecule has 0 radical (unpaired) electrons. The molecule has 4 rings (SSSR count). The molecule has 0 unspecified atom stereocenters. The van der Waals surface area contributed by atoms with E-state index in [0.717, 1.165) is 36.7 Å². The van der Waals surface area contributed by atoms with E-state index < -0.39 is 5.92 Å². The monoisotopic (exact) mass is 479 g/mol. The van der Waals surface area contributed by atoms with Gasteiger partial charge in [-0.15, -0.1) is 0 Å². The van der Waals surface area contributed by atoms with Crippen molar-refractivity contribution >= 4 is 34.9 Å². The fourth-order valence-electron chi connectivity index (χ4n) is 4.44. The van der Waals surface area contributed by atoms with Gasteiger partial charge in [0.1, 0.15) is 11.5 Å². The number of nitrogens with zero attached hydrogens (tertiary/aromatic N) is 5. The molecule has 1 saturated heterocycles. The highest BCUT2D eigenvalue weighted by Crippen LogP contribution is 2.33. The van der Waals surface area contributed by atoms with Gasteiger partial charge in [-0.2, -0.15) is 0 Å². The smallest absolute Gasteiger partial charge is 0.275 e. The Morgan fingerprint density at radius 1 is 1.37 bits per heavy atom. The lowest BCUT2D eigenvalue weighted by atomic mass is 9.99. The zero-order chi connectivity index (χ0) is 24.8. The molecule has 3 amide bonds. The molecule has 3 N–H and O–H groups in total. The van der Waals surface area contributed by atoms with E-state index in [1.807, 2.05) is 6.92 Å². The van der Waals surface area contributed by atoms with Gasteiger partial charge in [-0.1, -0.05) is 19.8 Å². The highest BCUT2D eigenvalue weighted by atomic mass is 16.5. The van der Waals surface area contributed by atoms with Crippen molar-refractivity contribution < 1.29 is 19.6 Å². The summed E-state index contributed by atoms with van der Waals surface area (Å²) in [5.74, 6) is -0.248. The zero-order valence-electron chi connectivity index (χ0n) is 19.6. The van der Waals surface area contributed by atoms with Crippen molar-refractivity contribution in [1.82, 2.24) is 29.9 Å². The van der Waals surface area contributed by atoms with Crippen LogP contribution in [0.2, 0.25) is 0 Å². The van der Waals surface area contributed by atoms with Crippen molar-refractivity contribution in [2.75, 3.05) is 18.4 Å². The van der Waals surface area contributed by atoms with E-state index in [9.17, 15) is 19.6 Å². The van der Waals surface area contributed by atoms with E-state index in [1.54, 1.807) is 23.1 Å². The molecular weight excluding hydrogens is 450 g/mol. The summed E-state index contributed by atoms with van der Waals surface area (Å²) in [7, 11) is 0. The molecular formula is C24H29N7O4. The first kappa shape index (κ1) is 24.3. The van der Waals surface area contributed by atoms with E-state index in [0.29, 0.717) is 36.0 Å². The second-order valence-corrected chi connectivity index (χ2v) is 8.66. The van der Waals surface area contributed by atoms with Gasteiger partial charge in [-0.25, -0.2) is 15.0 Å². The van der Waals surface area contributed by atoms with Crippen LogP contribution in [0.4, 0.5) is 5.69 Å². The fraction of sp³-hybridized carbons (Fsp3) is 0.417. The lowest BCUT2D eigenvalue weighted by molar-refractivity contribution is -0.157. The predicted octanol–water partition coefficient (Wildman–Crippen LogP) is 2.92. The number of carbonyl (C=O) groups excluding carboxylic acids is 3. The molecule has 11 heteroatoms. The number of imidazole rings is 1. The average molecular weight is 480 g/mol. The number of aromatic nitrogens is 4. The summed E-state index contributed by atoms with van der Waals surface area (Å²) in [6, 6.07) is 5.13. The number of benzene rings is 1. The van der Waals surface area contributed by atoms with Crippen LogP contribution >= 0.6 is 0 Å². The number of H-pyrrole nitrogens is 1. The second kappa shape index (κ2) is 11.0. The average Bonchev–Trinajstić information content (AvgIpc) is 3.53. The third kappa shape index (κ3) is 5.62. The number of aromatic amines is 1. The summed E-state index contributed by atoms with van der Waals surface area (Å²) < 4.78 is 0. The van der Waals surface area contributed by atoms with Crippen LogP contribution in [-0.4, -0.2) is 66.4 Å². The Labute approximate surface area is 202 Å². The number of hydroxylamine groups is 2. The fourth-order valence-corrected chi connectivity index (χ4v) is 4.44. The molecule has 0 bridgehead atoms. The van der Waals surface area contributed by atoms with Crippen LogP contribution in [0.25, 0.3) is 11.0 Å². The second-order valence-electron chi connectivity index (χ2n) is 8.66. The molecule has 2 aromatic heterocycles. The van der Waals surface area contributed by atoms with Crippen molar-refractivity contribution in [3.8, 4) is 0 Å². The minimum Gasteiger partial charge on any atom is -0.340 e. The quantitative estimate of drug-likeness (QED) is 0.230. The summed E-state index contributed by atoms with van der Waals surface area (Å²) in [6.07, 6.45) is 8.62. The van der Waals surface area contributed by atoms with Gasteiger partial charge in [0.25, 0.3) is 5.91 Å². The molecule has 1 fully saturated rings. The topological polar surface area (TPSA) is 144 Å². The summed E-state index contributed by atoms with van der Waals surface area (Å²) in [5, 5.41) is 13.0. The van der Waals surface area contributed by atoms with Crippen LogP contribution in [0, 0.1) is 5.92 Å². The molecule has 2 atom stereocenters. The van der Waals surface area contributed by atoms with E-state index in [1.165, 1.54) is 18.6 Å². The van der Waals surface area contributed by atoms with Crippen LogP contribution < -0.4 is 5.32 Å². The lowest BCUT2D eigenvalue weighted by Crippen LogP contribution is -2.40. The van der Waals surface area contributed by atoms with E-state index in [2.05, 4.69) is 20.3 Å². The molecule has 3 aromatic rings. The standard InChI is InChI=1S/C24H29N7O4/c1-2-3-5-16(14-30(35)15-32)24(34)31-11-4-6-21(31)22-28-18-8-7-17(12-19(18)29-22)27-23(33)20-13-25-9-10-26-20/h7-10,12-13,15-16,21,35H,2-6,11,14H2,1H3,(H,27,33)(H,28,29)/t16-,21+/m1/s1. The Morgan fingerprint density at radius 3 is 2.97 bits per heavy atom. The zero-order valence-corrected chi connectivity index (χ0v) is 19.6. The van der Waals surface area contributed by atoms with Crippen LogP contribution in [-0.2, 0) is 9.59 Å². The molecule has 1 aliphatic heterocycles. The van der Waals surface area contributed by atoms with E-state index >= 15 is 0 Å². The van der Waals surface area contributed by atoms with Crippen molar-refractivity contribution in [1.29, 1.82) is 0 Å². The maximum Gasteiger partial charge on any atom is 0.275 e. The van der Waals surface area contributed by atoms with Crippen LogP contribution in [0.3, 0.4) is 0 Å². The number of fused-ring (bicyclic) bond motifs is 1. The number of nitrogens with one attached hydrogen (secondary N) is 2. The Balaban J connectivity index is 1.52. The molecule has 0 spiro atoms. The first-order valence-electron chi connectivity index (χ1n) is 11.8. The number of rotatable bonds is 10. The summed E-state index contributed by atoms with van der Waals surface area (Å²) in [6.45, 7) is 2.60. The van der Waals surface area contributed by atoms with Gasteiger partial charge in [0.15, 0.2) is 0 Å². The van der Waals surface area contributed by atoms with Gasteiger partial charge in [0.2, 0.25) is 12.3 Å². The Morgan fingerprint density at radius 2 is 2.23 bits per heavy atom. The summed E-state index contributed by atoms with van der Waals surface area (Å²) in [5.41, 5.74) is 2.26. The number of hydrogen-bond acceptors (Lipinski definition) is 7. The Kier molecular flexibility index (Phi) is 7.66. The van der Waals surface area contributed by atoms with Gasteiger partial charge >= 0.3 is 0 Å². The number of unbranched alkanes of at least 4 members (excludes halogenated alkanes) is 1. The Bertz CT molecular complexity index is 1180. The number of hydrogen-bond donors (Lipinski definition) is 3. The maximum absolute atomic E-state index is 13.4. The van der Waals surface area contributed by atoms with E-state index in [4.69, 9.17) is 4.98 Å². The van der Waals surface area contributed by atoms with Gasteiger partial charge in [-0.3, -0.25) is 24.6 Å². The van der Waals surface area contributed by atoms with Crippen molar-refractivity contribution in [2.45, 2.75) is 45.1 Å². The van der Waals surface area contributed by atoms with Crippen molar-refractivity contribution in [3.05, 3.63) is 48.3 Å². The molecule has 0 aliphatic carbocycles. The molecule has 11 nitrogen and oxygen atoms in total. The van der Waals surface area contributed by atoms with Crippen molar-refractivity contribution in [3.63, 3.8) is 0 Å². The van der Waals surface area contributed by atoms with E-state index in [-0.39, 0.29) is 30.1 Å². The third-order valence-electron chi connectivity index (χ3n) is 6.19. The maximum atomic E-state index is 13.4. The number of anilines is 1. The SMILES string of the molecule is CCCC[C@H](CN(O)C=O)C(=O)N1CCC[C@H]1c1nc2ccc(NC(=O)c3cnccn3)cc2[nH]1. The lowest BCUT2D eigenvalue weighted by Gasteiger charge is -2.29. The molecule has 35 heavy (non-hydrogen) atoms. The van der Waals surface area contributed by atoms with Gasteiger partial charge < -0.3 is 15.2 Å². The number of likely N-dealkylation sites (tertiary alicyclic amines) is 1. The number of amides is 3. The highest BCUT2D eigenvalue weighted by Gasteiger charge is 2.36.